The van der Waals surface area contributed by atoms with Crippen molar-refractivity contribution in [3.05, 3.63) is 48.2 Å². The molecule has 22 heavy (non-hydrogen) atoms. The Balaban J connectivity index is 1.42. The Morgan fingerprint density at radius 1 is 1.09 bits per heavy atom. The van der Waals surface area contributed by atoms with Gasteiger partial charge in [-0.05, 0) is 36.6 Å². The molecule has 3 heterocycles. The second-order valence-electron chi connectivity index (χ2n) is 5.56. The quantitative estimate of drug-likeness (QED) is 0.793. The van der Waals surface area contributed by atoms with Crippen LogP contribution in [0.3, 0.4) is 0 Å². The van der Waals surface area contributed by atoms with Gasteiger partial charge in [-0.1, -0.05) is 29.5 Å². The van der Waals surface area contributed by atoms with E-state index in [0.29, 0.717) is 0 Å². The summed E-state index contributed by atoms with van der Waals surface area (Å²) in [5.41, 5.74) is 2.24. The van der Waals surface area contributed by atoms with Crippen LogP contribution in [0.4, 0.5) is 10.9 Å². The number of nitrogens with zero attached hydrogens (tertiary/aromatic N) is 3. The summed E-state index contributed by atoms with van der Waals surface area (Å²) in [7, 11) is 0. The van der Waals surface area contributed by atoms with Gasteiger partial charge >= 0.3 is 0 Å². The van der Waals surface area contributed by atoms with E-state index in [9.17, 15) is 0 Å². The Morgan fingerprint density at radius 3 is 2.73 bits per heavy atom. The molecule has 3 aromatic rings. The number of thiazole rings is 1. The first-order valence-electron chi connectivity index (χ1n) is 7.68. The summed E-state index contributed by atoms with van der Waals surface area (Å²) in [5.74, 6) is 1.10. The molecule has 1 aliphatic heterocycles. The van der Waals surface area contributed by atoms with E-state index in [1.54, 1.807) is 11.3 Å². The fourth-order valence-corrected chi connectivity index (χ4v) is 3.64. The van der Waals surface area contributed by atoms with Crippen molar-refractivity contribution in [2.75, 3.05) is 23.3 Å². The number of benzene rings is 1. The van der Waals surface area contributed by atoms with Crippen molar-refractivity contribution in [2.24, 2.45) is 0 Å². The Labute approximate surface area is 133 Å². The van der Waals surface area contributed by atoms with Crippen LogP contribution in [0.1, 0.15) is 18.4 Å². The molecule has 1 N–H and O–H groups in total. The molecule has 4 rings (SSSR count). The van der Waals surface area contributed by atoms with E-state index in [-0.39, 0.29) is 0 Å². The molecule has 2 aromatic heterocycles. The van der Waals surface area contributed by atoms with E-state index in [2.05, 4.69) is 38.4 Å². The van der Waals surface area contributed by atoms with Crippen LogP contribution < -0.4 is 10.2 Å². The fourth-order valence-electron chi connectivity index (χ4n) is 2.78. The molecule has 0 spiro atoms. The maximum Gasteiger partial charge on any atom is 0.184 e. The van der Waals surface area contributed by atoms with Crippen LogP contribution in [-0.4, -0.2) is 23.1 Å². The van der Waals surface area contributed by atoms with Gasteiger partial charge in [-0.2, -0.15) is 0 Å². The summed E-state index contributed by atoms with van der Waals surface area (Å²) in [6.45, 7) is 3.03. The molecule has 0 bridgehead atoms. The first-order chi connectivity index (χ1) is 10.9. The van der Waals surface area contributed by atoms with Gasteiger partial charge in [-0.25, -0.2) is 9.97 Å². The van der Waals surface area contributed by atoms with Gasteiger partial charge in [-0.15, -0.1) is 0 Å². The van der Waals surface area contributed by atoms with Gasteiger partial charge in [0, 0.05) is 25.8 Å². The molecule has 0 unspecified atom stereocenters. The number of hydrogen-bond donors (Lipinski definition) is 1. The van der Waals surface area contributed by atoms with Gasteiger partial charge in [0.15, 0.2) is 5.13 Å². The smallest absolute Gasteiger partial charge is 0.184 e. The Hall–Kier alpha value is -2.14. The Kier molecular flexibility index (Phi) is 3.64. The van der Waals surface area contributed by atoms with E-state index in [1.165, 1.54) is 23.1 Å². The van der Waals surface area contributed by atoms with Crippen molar-refractivity contribution >= 4 is 32.5 Å². The third-order valence-electron chi connectivity index (χ3n) is 3.98. The van der Waals surface area contributed by atoms with Crippen molar-refractivity contribution in [2.45, 2.75) is 19.4 Å². The molecular formula is C17H18N4S. The zero-order valence-electron chi connectivity index (χ0n) is 12.3. The van der Waals surface area contributed by atoms with Gasteiger partial charge in [0.05, 0.1) is 10.2 Å². The van der Waals surface area contributed by atoms with Gasteiger partial charge in [-0.3, -0.25) is 0 Å². The highest BCUT2D eigenvalue weighted by molar-refractivity contribution is 7.22. The van der Waals surface area contributed by atoms with E-state index in [0.717, 1.165) is 36.1 Å². The summed E-state index contributed by atoms with van der Waals surface area (Å²) in [4.78, 5) is 11.5. The second kappa shape index (κ2) is 5.93. The average Bonchev–Trinajstić information content (AvgIpc) is 3.22. The standard InChI is InChI=1S/C17H18N4S/c1-2-6-15-14(5-1)20-17(22-15)19-12-13-7-8-16(18-11-13)21-9-3-4-10-21/h1-2,5-8,11H,3-4,9-10,12H2,(H,19,20). The van der Waals surface area contributed by atoms with E-state index in [1.807, 2.05) is 24.4 Å². The minimum atomic E-state index is 0.757. The zero-order chi connectivity index (χ0) is 14.8. The molecule has 0 radical (unpaired) electrons. The van der Waals surface area contributed by atoms with Crippen molar-refractivity contribution in [3.8, 4) is 0 Å². The predicted molar refractivity (Wildman–Crippen MR) is 92.6 cm³/mol. The molecule has 1 fully saturated rings. The van der Waals surface area contributed by atoms with Gasteiger partial charge < -0.3 is 10.2 Å². The molecule has 5 heteroatoms. The lowest BCUT2D eigenvalue weighted by molar-refractivity contribution is 0.932. The van der Waals surface area contributed by atoms with E-state index in [4.69, 9.17) is 0 Å². The van der Waals surface area contributed by atoms with Crippen LogP contribution in [-0.2, 0) is 6.54 Å². The number of rotatable bonds is 4. The first-order valence-corrected chi connectivity index (χ1v) is 8.49. The summed E-state index contributed by atoms with van der Waals surface area (Å²) in [6.07, 6.45) is 4.53. The topological polar surface area (TPSA) is 41.0 Å². The van der Waals surface area contributed by atoms with Crippen molar-refractivity contribution in [1.82, 2.24) is 9.97 Å². The molecule has 0 atom stereocenters. The average molecular weight is 310 g/mol. The van der Waals surface area contributed by atoms with Gasteiger partial charge in [0.2, 0.25) is 0 Å². The first kappa shape index (κ1) is 13.5. The lowest BCUT2D eigenvalue weighted by atomic mass is 10.3. The highest BCUT2D eigenvalue weighted by atomic mass is 32.1. The largest absolute Gasteiger partial charge is 0.357 e. The van der Waals surface area contributed by atoms with E-state index >= 15 is 0 Å². The molecule has 1 aromatic carbocycles. The monoisotopic (exact) mass is 310 g/mol. The third-order valence-corrected chi connectivity index (χ3v) is 4.97. The summed E-state index contributed by atoms with van der Waals surface area (Å²) < 4.78 is 1.22. The molecular weight excluding hydrogens is 292 g/mol. The summed E-state index contributed by atoms with van der Waals surface area (Å²) in [5, 5.41) is 4.36. The highest BCUT2D eigenvalue weighted by Crippen LogP contribution is 2.25. The Morgan fingerprint density at radius 2 is 1.95 bits per heavy atom. The van der Waals surface area contributed by atoms with Crippen molar-refractivity contribution in [1.29, 1.82) is 0 Å². The number of anilines is 2. The van der Waals surface area contributed by atoms with Crippen molar-refractivity contribution < 1.29 is 0 Å². The van der Waals surface area contributed by atoms with Crippen LogP contribution in [0.5, 0.6) is 0 Å². The number of nitrogens with one attached hydrogen (secondary N) is 1. The van der Waals surface area contributed by atoms with Crippen LogP contribution in [0.15, 0.2) is 42.6 Å². The minimum absolute atomic E-state index is 0.757. The van der Waals surface area contributed by atoms with E-state index < -0.39 is 0 Å². The normalized spacial score (nSPS) is 14.6. The predicted octanol–water partition coefficient (Wildman–Crippen LogP) is 3.90. The molecule has 112 valence electrons. The third kappa shape index (κ3) is 2.76. The molecule has 0 saturated carbocycles. The summed E-state index contributed by atoms with van der Waals surface area (Å²) in [6, 6.07) is 12.5. The highest BCUT2D eigenvalue weighted by Gasteiger charge is 2.12. The number of fused-ring (bicyclic) bond motifs is 1. The van der Waals surface area contributed by atoms with Crippen LogP contribution >= 0.6 is 11.3 Å². The number of hydrogen-bond acceptors (Lipinski definition) is 5. The lowest BCUT2D eigenvalue weighted by Gasteiger charge is -2.16. The number of aromatic nitrogens is 2. The number of para-hydroxylation sites is 1. The molecule has 1 saturated heterocycles. The molecule has 0 amide bonds. The molecule has 4 nitrogen and oxygen atoms in total. The maximum atomic E-state index is 4.59. The lowest BCUT2D eigenvalue weighted by Crippen LogP contribution is -2.18. The van der Waals surface area contributed by atoms with Crippen LogP contribution in [0, 0.1) is 0 Å². The SMILES string of the molecule is c1ccc2sc(NCc3ccc(N4CCCC4)nc3)nc2c1. The zero-order valence-corrected chi connectivity index (χ0v) is 13.1. The maximum absolute atomic E-state index is 4.59. The van der Waals surface area contributed by atoms with Gasteiger partial charge in [0.1, 0.15) is 5.82 Å². The van der Waals surface area contributed by atoms with Crippen LogP contribution in [0.2, 0.25) is 0 Å². The van der Waals surface area contributed by atoms with Crippen molar-refractivity contribution in [3.63, 3.8) is 0 Å². The second-order valence-corrected chi connectivity index (χ2v) is 6.59. The fraction of sp³-hybridized carbons (Fsp3) is 0.294. The number of pyridine rings is 1. The minimum Gasteiger partial charge on any atom is -0.357 e. The molecule has 0 aliphatic carbocycles. The Bertz CT molecular complexity index is 727. The molecule has 1 aliphatic rings. The summed E-state index contributed by atoms with van der Waals surface area (Å²) >= 11 is 1.69. The van der Waals surface area contributed by atoms with Crippen LogP contribution in [0.25, 0.3) is 10.2 Å². The van der Waals surface area contributed by atoms with Gasteiger partial charge in [0.25, 0.3) is 0 Å².